The normalized spacial score (nSPS) is 19.1. The molecule has 2 heterocycles. The summed E-state index contributed by atoms with van der Waals surface area (Å²) < 4.78 is 11.4. The third kappa shape index (κ3) is 4.97. The molecule has 0 spiro atoms. The number of nitrogens with zero attached hydrogens (tertiary/aromatic N) is 4. The van der Waals surface area contributed by atoms with E-state index < -0.39 is 0 Å². The number of hydrogen-bond donors (Lipinski definition) is 2. The molecule has 1 atom stereocenters. The first-order valence-corrected chi connectivity index (χ1v) is 10.9. The molecule has 1 unspecified atom stereocenters. The third-order valence-electron chi connectivity index (χ3n) is 6.23. The minimum Gasteiger partial charge on any atom is -0.488 e. The van der Waals surface area contributed by atoms with Crippen LogP contribution in [0, 0.1) is 0 Å². The van der Waals surface area contributed by atoms with E-state index in [2.05, 4.69) is 33.6 Å². The molecule has 1 aliphatic heterocycles. The second-order valence-electron chi connectivity index (χ2n) is 8.80. The molecule has 0 radical (unpaired) electrons. The van der Waals surface area contributed by atoms with Crippen molar-refractivity contribution in [1.29, 1.82) is 0 Å². The highest BCUT2D eigenvalue weighted by Crippen LogP contribution is 2.40. The maximum atomic E-state index is 6.51. The maximum absolute atomic E-state index is 6.51. The van der Waals surface area contributed by atoms with Gasteiger partial charge < -0.3 is 20.1 Å². The van der Waals surface area contributed by atoms with Gasteiger partial charge in [-0.05, 0) is 44.9 Å². The van der Waals surface area contributed by atoms with Gasteiger partial charge in [-0.25, -0.2) is 9.97 Å². The number of hydrogen-bond acceptors (Lipinski definition) is 7. The van der Waals surface area contributed by atoms with Crippen LogP contribution in [0.1, 0.15) is 37.9 Å². The lowest BCUT2D eigenvalue weighted by atomic mass is 10.0. The van der Waals surface area contributed by atoms with Crippen LogP contribution in [0.3, 0.4) is 0 Å². The van der Waals surface area contributed by atoms with E-state index in [0.29, 0.717) is 23.1 Å². The summed E-state index contributed by atoms with van der Waals surface area (Å²) in [6.07, 6.45) is 3.70. The van der Waals surface area contributed by atoms with Crippen molar-refractivity contribution >= 4 is 17.2 Å². The molecule has 4 N–H and O–H groups in total. The molecule has 8 heteroatoms. The SMILES string of the molecule is COCC(C)N1CCN(c2cc(C(=[NH2+])c3cc(OC4(C)CC4)ccc3N)ncn2)CC1. The predicted octanol–water partition coefficient (Wildman–Crippen LogP) is 0.744. The number of anilines is 2. The molecule has 1 saturated carbocycles. The number of benzene rings is 1. The lowest BCUT2D eigenvalue weighted by molar-refractivity contribution is -0.111. The lowest BCUT2D eigenvalue weighted by Gasteiger charge is -2.38. The molecule has 31 heavy (non-hydrogen) atoms. The topological polar surface area (TPSA) is 102 Å². The summed E-state index contributed by atoms with van der Waals surface area (Å²) in [6, 6.07) is 7.99. The number of ether oxygens (including phenoxy) is 2. The van der Waals surface area contributed by atoms with Gasteiger partial charge in [-0.3, -0.25) is 10.3 Å². The van der Waals surface area contributed by atoms with Crippen LogP contribution in [0.5, 0.6) is 5.75 Å². The first-order valence-electron chi connectivity index (χ1n) is 10.9. The van der Waals surface area contributed by atoms with Gasteiger partial charge in [0.05, 0.1) is 12.2 Å². The molecule has 0 bridgehead atoms. The second-order valence-corrected chi connectivity index (χ2v) is 8.80. The second kappa shape index (κ2) is 8.80. The first kappa shape index (κ1) is 21.5. The van der Waals surface area contributed by atoms with E-state index in [1.54, 1.807) is 13.4 Å². The van der Waals surface area contributed by atoms with Gasteiger partial charge in [0, 0.05) is 51.1 Å². The van der Waals surface area contributed by atoms with E-state index >= 15 is 0 Å². The van der Waals surface area contributed by atoms with Crippen molar-refractivity contribution in [3.05, 3.63) is 41.9 Å². The van der Waals surface area contributed by atoms with Gasteiger partial charge in [0.2, 0.25) is 5.71 Å². The van der Waals surface area contributed by atoms with E-state index in [0.717, 1.165) is 62.8 Å². The summed E-state index contributed by atoms with van der Waals surface area (Å²) in [6.45, 7) is 8.78. The number of methoxy groups -OCH3 is 1. The fourth-order valence-electron chi connectivity index (χ4n) is 3.94. The number of nitrogen functional groups attached to an aromatic ring is 1. The number of piperazine rings is 1. The van der Waals surface area contributed by atoms with Crippen molar-refractivity contribution in [1.82, 2.24) is 14.9 Å². The van der Waals surface area contributed by atoms with Gasteiger partial charge >= 0.3 is 0 Å². The molecule has 1 aromatic carbocycles. The molecular weight excluding hydrogens is 392 g/mol. The van der Waals surface area contributed by atoms with E-state index in [9.17, 15) is 0 Å². The molecule has 1 saturated heterocycles. The molecule has 2 aliphatic rings. The Bertz CT molecular complexity index is 937. The van der Waals surface area contributed by atoms with Crippen LogP contribution in [0.15, 0.2) is 30.6 Å². The van der Waals surface area contributed by atoms with Crippen molar-refractivity contribution in [3.8, 4) is 5.75 Å². The molecule has 2 aromatic rings. The third-order valence-corrected chi connectivity index (χ3v) is 6.23. The molecule has 1 aromatic heterocycles. The summed E-state index contributed by atoms with van der Waals surface area (Å²) in [5.41, 5.74) is 8.71. The molecular formula is C23H33N6O2+. The molecule has 1 aliphatic carbocycles. The van der Waals surface area contributed by atoms with Crippen LogP contribution < -0.4 is 20.8 Å². The Morgan fingerprint density at radius 1 is 1.19 bits per heavy atom. The zero-order chi connectivity index (χ0) is 22.0. The smallest absolute Gasteiger partial charge is 0.232 e. The summed E-state index contributed by atoms with van der Waals surface area (Å²) in [4.78, 5) is 13.6. The van der Waals surface area contributed by atoms with Crippen LogP contribution in [0.2, 0.25) is 0 Å². The van der Waals surface area contributed by atoms with Crippen LogP contribution in [0.25, 0.3) is 0 Å². The molecule has 4 rings (SSSR count). The Balaban J connectivity index is 1.47. The Morgan fingerprint density at radius 3 is 2.61 bits per heavy atom. The van der Waals surface area contributed by atoms with E-state index in [-0.39, 0.29) is 5.60 Å². The van der Waals surface area contributed by atoms with E-state index in [1.807, 2.05) is 24.3 Å². The highest BCUT2D eigenvalue weighted by Gasteiger charge is 2.40. The van der Waals surface area contributed by atoms with Gasteiger partial charge in [-0.1, -0.05) is 0 Å². The Labute approximate surface area is 183 Å². The summed E-state index contributed by atoms with van der Waals surface area (Å²) >= 11 is 0. The average molecular weight is 426 g/mol. The fourth-order valence-corrected chi connectivity index (χ4v) is 3.94. The Morgan fingerprint density at radius 2 is 1.94 bits per heavy atom. The van der Waals surface area contributed by atoms with Crippen LogP contribution in [-0.2, 0) is 4.74 Å². The molecule has 8 nitrogen and oxygen atoms in total. The quantitative estimate of drug-likeness (QED) is 0.475. The zero-order valence-corrected chi connectivity index (χ0v) is 18.7. The summed E-state index contributed by atoms with van der Waals surface area (Å²) in [5, 5.41) is 6.51. The Hall–Kier alpha value is -2.71. The minimum atomic E-state index is -0.0624. The van der Waals surface area contributed by atoms with Crippen molar-refractivity contribution < 1.29 is 14.9 Å². The van der Waals surface area contributed by atoms with Gasteiger partial charge in [0.1, 0.15) is 29.2 Å². The van der Waals surface area contributed by atoms with Crippen LogP contribution >= 0.6 is 0 Å². The highest BCUT2D eigenvalue weighted by molar-refractivity contribution is 6.11. The van der Waals surface area contributed by atoms with Gasteiger partial charge in [-0.15, -0.1) is 0 Å². The van der Waals surface area contributed by atoms with E-state index in [4.69, 9.17) is 20.6 Å². The van der Waals surface area contributed by atoms with Gasteiger partial charge in [0.15, 0.2) is 0 Å². The largest absolute Gasteiger partial charge is 0.488 e. The number of nitrogens with two attached hydrogens (primary N) is 2. The van der Waals surface area contributed by atoms with Crippen molar-refractivity contribution in [2.75, 3.05) is 50.5 Å². The van der Waals surface area contributed by atoms with E-state index in [1.165, 1.54) is 0 Å². The fraction of sp³-hybridized carbons (Fsp3) is 0.522. The summed E-state index contributed by atoms with van der Waals surface area (Å²) in [7, 11) is 1.75. The van der Waals surface area contributed by atoms with Crippen molar-refractivity contribution in [2.24, 2.45) is 0 Å². The average Bonchev–Trinajstić information content (AvgIpc) is 3.51. The number of rotatable bonds is 8. The highest BCUT2D eigenvalue weighted by atomic mass is 16.5. The maximum Gasteiger partial charge on any atom is 0.232 e. The number of aromatic nitrogens is 2. The van der Waals surface area contributed by atoms with Crippen molar-refractivity contribution in [3.63, 3.8) is 0 Å². The standard InChI is InChI=1S/C23H32N6O2/c1-16(14-30-3)28-8-10-29(11-9-28)21-13-20(26-15-27-21)22(25)18-12-17(4-5-19(18)24)31-23(2)6-7-23/h4-5,12-13,15-16,25H,6-11,14,24H2,1-3H3/p+1. The van der Waals surface area contributed by atoms with Crippen LogP contribution in [-0.4, -0.2) is 72.1 Å². The predicted molar refractivity (Wildman–Crippen MR) is 121 cm³/mol. The first-order chi connectivity index (χ1) is 14.9. The van der Waals surface area contributed by atoms with Crippen LogP contribution in [0.4, 0.5) is 11.5 Å². The van der Waals surface area contributed by atoms with Gasteiger partial charge in [0.25, 0.3) is 0 Å². The lowest BCUT2D eigenvalue weighted by Crippen LogP contribution is -2.51. The molecule has 0 amide bonds. The van der Waals surface area contributed by atoms with Gasteiger partial charge in [-0.2, -0.15) is 0 Å². The van der Waals surface area contributed by atoms with Crippen molar-refractivity contribution in [2.45, 2.75) is 38.3 Å². The minimum absolute atomic E-state index is 0.0624. The molecule has 2 fully saturated rings. The monoisotopic (exact) mass is 425 g/mol. The molecule has 166 valence electrons. The summed E-state index contributed by atoms with van der Waals surface area (Å²) in [5.74, 6) is 1.66. The zero-order valence-electron chi connectivity index (χ0n) is 18.7. The Kier molecular flexibility index (Phi) is 6.11.